The average molecular weight is 140 g/mol. The number of Topliss-reactive ketones (excluding diaryl/α,β-unsaturated/α-hetero) is 1. The third kappa shape index (κ3) is 0.545. The summed E-state index contributed by atoms with van der Waals surface area (Å²) < 4.78 is 0. The van der Waals surface area contributed by atoms with Gasteiger partial charge in [0.15, 0.2) is 5.78 Å². The quantitative estimate of drug-likeness (QED) is 0.492. The molecule has 2 heterocycles. The first-order chi connectivity index (χ1) is 4.63. The molecule has 0 N–H and O–H groups in total. The van der Waals surface area contributed by atoms with Crippen molar-refractivity contribution in [2.75, 3.05) is 0 Å². The molecule has 0 aromatic rings. The van der Waals surface area contributed by atoms with Gasteiger partial charge in [-0.2, -0.15) is 0 Å². The van der Waals surface area contributed by atoms with Gasteiger partial charge >= 0.3 is 0 Å². The molecule has 2 saturated heterocycles. The van der Waals surface area contributed by atoms with E-state index in [1.165, 1.54) is 0 Å². The molecule has 2 aliphatic rings. The van der Waals surface area contributed by atoms with E-state index in [1.54, 1.807) is 0 Å². The summed E-state index contributed by atoms with van der Waals surface area (Å²) in [5, 5.41) is 12.2. The Balaban J connectivity index is 2.34. The van der Waals surface area contributed by atoms with Gasteiger partial charge in [-0.1, -0.05) is 0 Å². The van der Waals surface area contributed by atoms with E-state index in [0.717, 1.165) is 17.9 Å². The predicted octanol–water partition coefficient (Wildman–Crippen LogP) is 0.528. The van der Waals surface area contributed by atoms with Crippen molar-refractivity contribution in [3.05, 3.63) is 0 Å². The molecule has 0 spiro atoms. The molecule has 2 unspecified atom stereocenters. The first-order valence-corrected chi connectivity index (χ1v) is 3.63. The molecule has 3 nitrogen and oxygen atoms in total. The normalized spacial score (nSPS) is 47.0. The molecule has 2 aliphatic heterocycles. The molecular formula is C7H10NO2. The van der Waals surface area contributed by atoms with Crippen molar-refractivity contribution < 1.29 is 10.0 Å². The van der Waals surface area contributed by atoms with Crippen LogP contribution in [0.1, 0.15) is 26.2 Å². The summed E-state index contributed by atoms with van der Waals surface area (Å²) >= 11 is 0. The van der Waals surface area contributed by atoms with E-state index in [2.05, 4.69) is 0 Å². The zero-order valence-corrected chi connectivity index (χ0v) is 5.96. The van der Waals surface area contributed by atoms with Crippen molar-refractivity contribution in [1.29, 1.82) is 0 Å². The molecule has 0 saturated carbocycles. The summed E-state index contributed by atoms with van der Waals surface area (Å²) in [4.78, 5) is 11.0. The highest BCUT2D eigenvalue weighted by Crippen LogP contribution is 2.42. The summed E-state index contributed by atoms with van der Waals surface area (Å²) in [6.45, 7) is 1.88. The van der Waals surface area contributed by atoms with Crippen LogP contribution in [0.2, 0.25) is 0 Å². The van der Waals surface area contributed by atoms with Gasteiger partial charge in [0.1, 0.15) is 0 Å². The second-order valence-electron chi connectivity index (χ2n) is 3.52. The minimum Gasteiger partial charge on any atom is -0.298 e. The molecule has 1 radical (unpaired) electrons. The number of hydrogen-bond acceptors (Lipinski definition) is 2. The third-order valence-electron chi connectivity index (χ3n) is 2.70. The van der Waals surface area contributed by atoms with Gasteiger partial charge in [-0.05, 0) is 19.8 Å². The maximum Gasteiger partial charge on any atom is 0.154 e. The highest BCUT2D eigenvalue weighted by Gasteiger charge is 2.54. The highest BCUT2D eigenvalue weighted by atomic mass is 16.5. The van der Waals surface area contributed by atoms with Crippen molar-refractivity contribution >= 4 is 5.78 Å². The molecule has 10 heavy (non-hydrogen) atoms. The zero-order valence-electron chi connectivity index (χ0n) is 5.96. The van der Waals surface area contributed by atoms with E-state index in [1.807, 2.05) is 6.92 Å². The Hall–Kier alpha value is -0.410. The Morgan fingerprint density at radius 3 is 2.60 bits per heavy atom. The fourth-order valence-electron chi connectivity index (χ4n) is 2.00. The van der Waals surface area contributed by atoms with E-state index < -0.39 is 0 Å². The van der Waals surface area contributed by atoms with Crippen LogP contribution in [0.3, 0.4) is 0 Å². The number of carbonyl (C=O) groups excluding carboxylic acids is 1. The zero-order chi connectivity index (χ0) is 7.35. The topological polar surface area (TPSA) is 40.2 Å². The Bertz CT molecular complexity index is 192. The number of carbonyl (C=O) groups is 1. The number of rotatable bonds is 0. The molecule has 0 aromatic carbocycles. The van der Waals surface area contributed by atoms with Crippen molar-refractivity contribution in [2.45, 2.75) is 37.8 Å². The molecule has 0 aliphatic carbocycles. The van der Waals surface area contributed by atoms with Crippen LogP contribution in [0.25, 0.3) is 0 Å². The maximum atomic E-state index is 11.2. The van der Waals surface area contributed by atoms with E-state index in [9.17, 15) is 10.0 Å². The minimum absolute atomic E-state index is 0.142. The second-order valence-corrected chi connectivity index (χ2v) is 3.52. The Labute approximate surface area is 59.6 Å². The van der Waals surface area contributed by atoms with Crippen LogP contribution < -0.4 is 0 Å². The van der Waals surface area contributed by atoms with Crippen molar-refractivity contribution in [3.8, 4) is 0 Å². The van der Waals surface area contributed by atoms with E-state index in [-0.39, 0.29) is 17.4 Å². The van der Waals surface area contributed by atoms with Gasteiger partial charge in [-0.25, -0.2) is 0 Å². The lowest BCUT2D eigenvalue weighted by molar-refractivity contribution is -0.201. The van der Waals surface area contributed by atoms with Crippen LogP contribution in [0.15, 0.2) is 0 Å². The smallest absolute Gasteiger partial charge is 0.154 e. The lowest BCUT2D eigenvalue weighted by Crippen LogP contribution is -2.33. The maximum absolute atomic E-state index is 11.2. The number of ketones is 1. The second kappa shape index (κ2) is 1.60. The first-order valence-electron chi connectivity index (χ1n) is 3.63. The SMILES string of the molecule is CC12CCC(C(=O)C1)N2[O]. The van der Waals surface area contributed by atoms with Crippen LogP contribution in [0.4, 0.5) is 0 Å². The van der Waals surface area contributed by atoms with Gasteiger partial charge in [0.2, 0.25) is 0 Å². The summed E-state index contributed by atoms with van der Waals surface area (Å²) in [5.41, 5.74) is -0.332. The number of hydroxylamine groups is 2. The molecular weight excluding hydrogens is 130 g/mol. The van der Waals surface area contributed by atoms with E-state index in [0.29, 0.717) is 6.42 Å². The van der Waals surface area contributed by atoms with Crippen LogP contribution in [-0.2, 0) is 10.0 Å². The fourth-order valence-corrected chi connectivity index (χ4v) is 2.00. The Kier molecular flexibility index (Phi) is 1.01. The molecule has 2 fully saturated rings. The highest BCUT2D eigenvalue weighted by molar-refractivity contribution is 5.88. The summed E-state index contributed by atoms with van der Waals surface area (Å²) in [7, 11) is 0. The molecule has 2 atom stereocenters. The molecule has 3 heteroatoms. The Morgan fingerprint density at radius 2 is 2.40 bits per heavy atom. The standard InChI is InChI=1S/C7H10NO2/c1-7-3-2-5(8(7)10)6(9)4-7/h5H,2-4H2,1H3. The molecule has 0 aromatic heterocycles. The monoisotopic (exact) mass is 140 g/mol. The Morgan fingerprint density at radius 1 is 1.70 bits per heavy atom. The first kappa shape index (κ1) is 6.31. The molecule has 2 rings (SSSR count). The van der Waals surface area contributed by atoms with Gasteiger partial charge in [0.05, 0.1) is 11.6 Å². The van der Waals surface area contributed by atoms with Gasteiger partial charge in [-0.3, -0.25) is 4.79 Å². The van der Waals surface area contributed by atoms with Crippen LogP contribution >= 0.6 is 0 Å². The number of fused-ring (bicyclic) bond motifs is 2. The fraction of sp³-hybridized carbons (Fsp3) is 0.857. The lowest BCUT2D eigenvalue weighted by atomic mass is 9.89. The molecule has 55 valence electrons. The largest absolute Gasteiger partial charge is 0.298 e. The van der Waals surface area contributed by atoms with Gasteiger partial charge < -0.3 is 0 Å². The van der Waals surface area contributed by atoms with Gasteiger partial charge in [0, 0.05) is 6.42 Å². The minimum atomic E-state index is -0.332. The van der Waals surface area contributed by atoms with Crippen molar-refractivity contribution in [3.63, 3.8) is 0 Å². The summed E-state index contributed by atoms with van der Waals surface area (Å²) in [6.07, 6.45) is 2.15. The number of hydrogen-bond donors (Lipinski definition) is 0. The van der Waals surface area contributed by atoms with E-state index >= 15 is 0 Å². The predicted molar refractivity (Wildman–Crippen MR) is 33.6 cm³/mol. The summed E-state index contributed by atoms with van der Waals surface area (Å²) in [5.74, 6) is 0.142. The number of nitrogens with zero attached hydrogens (tertiary/aromatic N) is 1. The van der Waals surface area contributed by atoms with Crippen molar-refractivity contribution in [1.82, 2.24) is 5.06 Å². The van der Waals surface area contributed by atoms with Gasteiger partial charge in [0.25, 0.3) is 0 Å². The third-order valence-corrected chi connectivity index (χ3v) is 2.70. The molecule has 2 bridgehead atoms. The van der Waals surface area contributed by atoms with E-state index in [4.69, 9.17) is 0 Å². The summed E-state index contributed by atoms with van der Waals surface area (Å²) in [6, 6.07) is -0.287. The van der Waals surface area contributed by atoms with Crippen LogP contribution in [-0.4, -0.2) is 22.4 Å². The van der Waals surface area contributed by atoms with Crippen molar-refractivity contribution in [2.24, 2.45) is 0 Å². The van der Waals surface area contributed by atoms with Gasteiger partial charge in [-0.15, -0.1) is 10.3 Å². The van der Waals surface area contributed by atoms with Crippen LogP contribution in [0, 0.1) is 0 Å². The average Bonchev–Trinajstić information content (AvgIpc) is 2.20. The lowest BCUT2D eigenvalue weighted by Gasteiger charge is -2.20. The van der Waals surface area contributed by atoms with Crippen LogP contribution in [0.5, 0.6) is 0 Å². The molecule has 0 amide bonds.